The number of aromatic amines is 1. The van der Waals surface area contributed by atoms with Gasteiger partial charge in [-0.1, -0.05) is 24.3 Å². The first-order valence-corrected chi connectivity index (χ1v) is 8.60. The van der Waals surface area contributed by atoms with Gasteiger partial charge in [0, 0.05) is 51.4 Å². The first-order chi connectivity index (χ1) is 10.4. The van der Waals surface area contributed by atoms with Crippen LogP contribution in [0, 0.1) is 0 Å². The third-order valence-electron chi connectivity index (χ3n) is 4.38. The van der Waals surface area contributed by atoms with Gasteiger partial charge in [-0.15, -0.1) is 22.7 Å². The summed E-state index contributed by atoms with van der Waals surface area (Å²) >= 11 is 3.84. The summed E-state index contributed by atoms with van der Waals surface area (Å²) in [5.74, 6) is 0. The fourth-order valence-electron chi connectivity index (χ4n) is 3.53. The molecule has 0 fully saturated rings. The van der Waals surface area contributed by atoms with Crippen molar-refractivity contribution < 1.29 is 0 Å². The highest BCUT2D eigenvalue weighted by Gasteiger charge is 2.18. The van der Waals surface area contributed by atoms with Crippen molar-refractivity contribution in [2.45, 2.75) is 0 Å². The van der Waals surface area contributed by atoms with E-state index in [1.165, 1.54) is 51.4 Å². The predicted molar refractivity (Wildman–Crippen MR) is 95.3 cm³/mol. The Bertz CT molecular complexity index is 1280. The molecule has 3 heterocycles. The van der Waals surface area contributed by atoms with Crippen LogP contribution in [-0.2, 0) is 0 Å². The van der Waals surface area contributed by atoms with Crippen molar-refractivity contribution in [1.29, 1.82) is 0 Å². The largest absolute Gasteiger partial charge is 0.354 e. The third-order valence-corrected chi connectivity index (χ3v) is 6.66. The van der Waals surface area contributed by atoms with Gasteiger partial charge in [0.05, 0.1) is 0 Å². The van der Waals surface area contributed by atoms with E-state index in [0.717, 1.165) is 0 Å². The Morgan fingerprint density at radius 2 is 1.52 bits per heavy atom. The van der Waals surface area contributed by atoms with E-state index in [4.69, 9.17) is 0 Å². The van der Waals surface area contributed by atoms with Crippen molar-refractivity contribution in [1.82, 2.24) is 4.98 Å². The highest BCUT2D eigenvalue weighted by molar-refractivity contribution is 7.32. The summed E-state index contributed by atoms with van der Waals surface area (Å²) in [5.41, 5.74) is 2.49. The monoisotopic (exact) mass is 303 g/mol. The summed E-state index contributed by atoms with van der Waals surface area (Å²) < 4.78 is 5.65. The lowest BCUT2D eigenvalue weighted by Gasteiger charge is -1.95. The van der Waals surface area contributed by atoms with E-state index in [1.807, 2.05) is 22.7 Å². The number of hydrogen-bond donors (Lipinski definition) is 1. The van der Waals surface area contributed by atoms with Crippen molar-refractivity contribution in [3.63, 3.8) is 0 Å². The second kappa shape index (κ2) is 3.38. The lowest BCUT2D eigenvalue weighted by Crippen LogP contribution is -1.68. The maximum atomic E-state index is 3.58. The van der Waals surface area contributed by atoms with Gasteiger partial charge in [-0.05, 0) is 24.3 Å². The van der Waals surface area contributed by atoms with Gasteiger partial charge in [-0.3, -0.25) is 0 Å². The molecule has 0 aliphatic carbocycles. The molecule has 0 unspecified atom stereocenters. The molecule has 0 amide bonds. The topological polar surface area (TPSA) is 15.8 Å². The SMILES string of the molecule is c1ccc2c(c1)[nH]c1cc3sc4cccc5sc(c12)c3c45. The van der Waals surface area contributed by atoms with Gasteiger partial charge in [0.1, 0.15) is 0 Å². The Hall–Kier alpha value is -2.10. The normalized spacial score (nSPS) is 12.8. The van der Waals surface area contributed by atoms with Crippen LogP contribution in [0.2, 0.25) is 0 Å². The van der Waals surface area contributed by atoms with E-state index in [9.17, 15) is 0 Å². The molecule has 0 aliphatic heterocycles. The van der Waals surface area contributed by atoms with Crippen LogP contribution in [0.15, 0.2) is 48.5 Å². The van der Waals surface area contributed by atoms with Crippen LogP contribution >= 0.6 is 22.7 Å². The molecule has 1 N–H and O–H groups in total. The molecule has 0 aliphatic rings. The lowest BCUT2D eigenvalue weighted by atomic mass is 10.1. The van der Waals surface area contributed by atoms with Gasteiger partial charge in [-0.2, -0.15) is 0 Å². The van der Waals surface area contributed by atoms with E-state index >= 15 is 0 Å². The maximum absolute atomic E-state index is 3.58. The minimum atomic E-state index is 1.23. The van der Waals surface area contributed by atoms with Crippen molar-refractivity contribution >= 4 is 74.1 Å². The first-order valence-electron chi connectivity index (χ1n) is 6.97. The minimum Gasteiger partial charge on any atom is -0.354 e. The number of benzene rings is 3. The zero-order valence-corrected chi connectivity index (χ0v) is 12.6. The number of H-pyrrole nitrogens is 1. The number of para-hydroxylation sites is 1. The molecular weight excluding hydrogens is 294 g/mol. The summed E-state index contributed by atoms with van der Waals surface area (Å²) in [6, 6.07) is 17.6. The number of aromatic nitrogens is 1. The Balaban J connectivity index is 2.07. The van der Waals surface area contributed by atoms with E-state index < -0.39 is 0 Å². The van der Waals surface area contributed by atoms with Crippen LogP contribution in [0.25, 0.3) is 51.4 Å². The van der Waals surface area contributed by atoms with Crippen LogP contribution in [0.3, 0.4) is 0 Å². The molecule has 98 valence electrons. The van der Waals surface area contributed by atoms with Crippen LogP contribution in [0.1, 0.15) is 0 Å². The Kier molecular flexibility index (Phi) is 1.71. The van der Waals surface area contributed by atoms with Crippen molar-refractivity contribution in [3.8, 4) is 0 Å². The summed E-state index contributed by atoms with van der Waals surface area (Å²) in [6.45, 7) is 0. The molecule has 3 heteroatoms. The molecule has 0 radical (unpaired) electrons. The zero-order valence-electron chi connectivity index (χ0n) is 10.9. The van der Waals surface area contributed by atoms with Crippen molar-refractivity contribution in [2.24, 2.45) is 0 Å². The van der Waals surface area contributed by atoms with E-state index in [-0.39, 0.29) is 0 Å². The van der Waals surface area contributed by atoms with Gasteiger partial charge >= 0.3 is 0 Å². The molecule has 3 aromatic heterocycles. The van der Waals surface area contributed by atoms with Gasteiger partial charge < -0.3 is 4.98 Å². The quantitative estimate of drug-likeness (QED) is 0.337. The summed E-state index contributed by atoms with van der Waals surface area (Å²) in [5, 5.41) is 5.65. The standard InChI is InChI=1S/C18H9NS2/c1-2-5-10-9(4-1)15-11(19-10)8-14-17-16-12(20-14)6-3-7-13(16)21-18(15)17/h1-8,19H. The Morgan fingerprint density at radius 3 is 2.48 bits per heavy atom. The molecule has 0 spiro atoms. The Labute approximate surface area is 127 Å². The van der Waals surface area contributed by atoms with Crippen LogP contribution in [-0.4, -0.2) is 4.98 Å². The van der Waals surface area contributed by atoms with Gasteiger partial charge in [0.15, 0.2) is 0 Å². The van der Waals surface area contributed by atoms with E-state index in [1.54, 1.807) is 0 Å². The Morgan fingerprint density at radius 1 is 0.667 bits per heavy atom. The summed E-state index contributed by atoms with van der Waals surface area (Å²) in [7, 11) is 0. The lowest BCUT2D eigenvalue weighted by molar-refractivity contribution is 1.56. The van der Waals surface area contributed by atoms with Gasteiger partial charge in [-0.25, -0.2) is 0 Å². The second-order valence-corrected chi connectivity index (χ2v) is 7.64. The molecule has 1 nitrogen and oxygen atoms in total. The molecule has 21 heavy (non-hydrogen) atoms. The second-order valence-electron chi connectivity index (χ2n) is 5.51. The number of rotatable bonds is 0. The number of hydrogen-bond acceptors (Lipinski definition) is 2. The summed E-state index contributed by atoms with van der Waals surface area (Å²) in [6.07, 6.45) is 0. The average molecular weight is 303 g/mol. The minimum absolute atomic E-state index is 1.23. The van der Waals surface area contributed by atoms with Gasteiger partial charge in [0.25, 0.3) is 0 Å². The summed E-state index contributed by atoms with van der Waals surface area (Å²) in [4.78, 5) is 3.58. The van der Waals surface area contributed by atoms with Crippen LogP contribution in [0.5, 0.6) is 0 Å². The first kappa shape index (κ1) is 10.6. The number of fused-ring (bicyclic) bond motifs is 4. The molecule has 6 rings (SSSR count). The molecule has 0 atom stereocenters. The molecule has 0 saturated heterocycles. The number of thiophene rings is 2. The van der Waals surface area contributed by atoms with Crippen LogP contribution < -0.4 is 0 Å². The van der Waals surface area contributed by atoms with Crippen molar-refractivity contribution in [3.05, 3.63) is 48.5 Å². The molecule has 0 bridgehead atoms. The average Bonchev–Trinajstić information content (AvgIpc) is 3.16. The number of nitrogens with one attached hydrogen (secondary N) is 1. The molecular formula is C18H9NS2. The molecule has 0 saturated carbocycles. The van der Waals surface area contributed by atoms with Gasteiger partial charge in [0.2, 0.25) is 0 Å². The third kappa shape index (κ3) is 1.14. The fraction of sp³-hybridized carbons (Fsp3) is 0. The van der Waals surface area contributed by atoms with E-state index in [2.05, 4.69) is 53.5 Å². The van der Waals surface area contributed by atoms with Crippen molar-refractivity contribution in [2.75, 3.05) is 0 Å². The highest BCUT2D eigenvalue weighted by atomic mass is 32.1. The smallest absolute Gasteiger partial charge is 0.0493 e. The predicted octanol–water partition coefficient (Wildman–Crippen LogP) is 6.34. The maximum Gasteiger partial charge on any atom is 0.0493 e. The van der Waals surface area contributed by atoms with E-state index in [0.29, 0.717) is 0 Å². The molecule has 3 aromatic carbocycles. The zero-order chi connectivity index (χ0) is 13.6. The van der Waals surface area contributed by atoms with Crippen LogP contribution in [0.4, 0.5) is 0 Å². The highest BCUT2D eigenvalue weighted by Crippen LogP contribution is 2.49. The fourth-order valence-corrected chi connectivity index (χ4v) is 6.16. The molecule has 6 aromatic rings.